The summed E-state index contributed by atoms with van der Waals surface area (Å²) in [4.78, 5) is 20.3. The third-order valence-electron chi connectivity index (χ3n) is 7.73. The van der Waals surface area contributed by atoms with Gasteiger partial charge in [-0.05, 0) is 65.1 Å². The number of thiophene rings is 1. The van der Waals surface area contributed by atoms with Crippen molar-refractivity contribution in [2.24, 2.45) is 17.8 Å². The van der Waals surface area contributed by atoms with E-state index in [-0.39, 0.29) is 17.5 Å². The van der Waals surface area contributed by atoms with Gasteiger partial charge in [0.25, 0.3) is 5.91 Å². The Morgan fingerprint density at radius 3 is 2.44 bits per heavy atom. The minimum absolute atomic E-state index is 0.0725. The van der Waals surface area contributed by atoms with Gasteiger partial charge in [-0.2, -0.15) is 0 Å². The van der Waals surface area contributed by atoms with E-state index in [2.05, 4.69) is 4.90 Å². The average Bonchev–Trinajstić information content (AvgIpc) is 3.28. The Bertz CT molecular complexity index is 1200. The molecule has 1 amide bonds. The van der Waals surface area contributed by atoms with Crippen molar-refractivity contribution in [1.29, 1.82) is 0 Å². The number of fused-ring (bicyclic) bond motifs is 1. The molecule has 1 aromatic heterocycles. The van der Waals surface area contributed by atoms with Gasteiger partial charge in [-0.3, -0.25) is 9.69 Å². The van der Waals surface area contributed by atoms with Gasteiger partial charge in [0, 0.05) is 45.0 Å². The van der Waals surface area contributed by atoms with Crippen molar-refractivity contribution >= 4 is 28.6 Å². The largest absolute Gasteiger partial charge is 0.378 e. The van der Waals surface area contributed by atoms with E-state index in [9.17, 15) is 9.18 Å². The van der Waals surface area contributed by atoms with Crippen molar-refractivity contribution in [1.82, 2.24) is 4.90 Å². The van der Waals surface area contributed by atoms with Crippen LogP contribution in [0.5, 0.6) is 0 Å². The number of piperidine rings is 1. The van der Waals surface area contributed by atoms with Crippen LogP contribution < -0.4 is 9.80 Å². The Morgan fingerprint density at radius 2 is 1.78 bits per heavy atom. The summed E-state index contributed by atoms with van der Waals surface area (Å²) in [7, 11) is 0. The van der Waals surface area contributed by atoms with E-state index in [1.807, 2.05) is 40.6 Å². The highest BCUT2D eigenvalue weighted by molar-refractivity contribution is 7.12. The van der Waals surface area contributed by atoms with Gasteiger partial charge in [-0.1, -0.05) is 18.2 Å². The second-order valence-corrected chi connectivity index (χ2v) is 10.9. The molecule has 3 fully saturated rings. The number of morpholine rings is 1. The number of benzene rings is 2. The molecular formula is C28H29F2N3O2S. The Labute approximate surface area is 213 Å². The first-order chi connectivity index (χ1) is 17.6. The van der Waals surface area contributed by atoms with Gasteiger partial charge in [-0.15, -0.1) is 11.3 Å². The van der Waals surface area contributed by atoms with Gasteiger partial charge in [-0.25, -0.2) is 8.78 Å². The van der Waals surface area contributed by atoms with E-state index >= 15 is 4.39 Å². The molecule has 2 atom stereocenters. The first-order valence-electron chi connectivity index (χ1n) is 12.5. The Kier molecular flexibility index (Phi) is 6.50. The molecule has 3 aromatic rings. The van der Waals surface area contributed by atoms with Gasteiger partial charge < -0.3 is 14.5 Å². The molecule has 36 heavy (non-hydrogen) atoms. The molecule has 8 heteroatoms. The van der Waals surface area contributed by atoms with Crippen LogP contribution in [0.3, 0.4) is 0 Å². The number of amides is 1. The second-order valence-electron chi connectivity index (χ2n) is 9.94. The van der Waals surface area contributed by atoms with E-state index in [4.69, 9.17) is 4.74 Å². The van der Waals surface area contributed by atoms with Crippen molar-refractivity contribution in [2.75, 3.05) is 55.7 Å². The third kappa shape index (κ3) is 4.77. The maximum atomic E-state index is 15.2. The molecule has 0 bridgehead atoms. The standard InChI is InChI=1S/C28H29F2N3O2S/c29-20-5-3-19(4-6-20)15-31-16-22-23(17-31)24(22)18-33(28(34)27-2-1-13-36-27)21-7-8-26(25(30)14-21)32-9-11-35-12-10-32/h1-8,13-14,22-24H,9-12,15-18H2. The lowest BCUT2D eigenvalue weighted by Gasteiger charge is -2.30. The molecule has 6 rings (SSSR count). The number of anilines is 2. The average molecular weight is 510 g/mol. The van der Waals surface area contributed by atoms with Crippen molar-refractivity contribution < 1.29 is 18.3 Å². The third-order valence-corrected chi connectivity index (χ3v) is 8.59. The summed E-state index contributed by atoms with van der Waals surface area (Å²) in [5, 5.41) is 1.90. The highest BCUT2D eigenvalue weighted by Gasteiger charge is 2.56. The van der Waals surface area contributed by atoms with Gasteiger partial charge in [0.1, 0.15) is 11.6 Å². The van der Waals surface area contributed by atoms with E-state index in [0.717, 1.165) is 25.2 Å². The van der Waals surface area contributed by atoms with Crippen molar-refractivity contribution in [3.05, 3.63) is 82.1 Å². The Balaban J connectivity index is 1.16. The number of carbonyl (C=O) groups excluding carboxylic acids is 1. The monoisotopic (exact) mass is 509 g/mol. The number of carbonyl (C=O) groups is 1. The Hall–Kier alpha value is -2.81. The number of halogens is 2. The predicted octanol–water partition coefficient (Wildman–Crippen LogP) is 4.89. The summed E-state index contributed by atoms with van der Waals surface area (Å²) >= 11 is 1.41. The highest BCUT2D eigenvalue weighted by Crippen LogP contribution is 2.52. The number of hydrogen-bond donors (Lipinski definition) is 0. The summed E-state index contributed by atoms with van der Waals surface area (Å²) in [6, 6.07) is 15.6. The lowest BCUT2D eigenvalue weighted by molar-refractivity contribution is 0.0988. The smallest absolute Gasteiger partial charge is 0.268 e. The summed E-state index contributed by atoms with van der Waals surface area (Å²) in [6.07, 6.45) is 0. The second kappa shape index (κ2) is 9.92. The quantitative estimate of drug-likeness (QED) is 0.455. The fourth-order valence-electron chi connectivity index (χ4n) is 5.76. The molecule has 2 saturated heterocycles. The normalized spacial score (nSPS) is 23.5. The molecule has 2 aromatic carbocycles. The maximum Gasteiger partial charge on any atom is 0.268 e. The summed E-state index contributed by atoms with van der Waals surface area (Å²) in [5.74, 6) is 0.868. The van der Waals surface area contributed by atoms with Crippen molar-refractivity contribution in [2.45, 2.75) is 6.54 Å². The van der Waals surface area contributed by atoms with Crippen LogP contribution in [-0.4, -0.2) is 56.7 Å². The number of ether oxygens (including phenoxy) is 1. The van der Waals surface area contributed by atoms with Crippen LogP contribution in [-0.2, 0) is 11.3 Å². The van der Waals surface area contributed by atoms with E-state index < -0.39 is 0 Å². The highest BCUT2D eigenvalue weighted by atomic mass is 32.1. The van der Waals surface area contributed by atoms with Crippen LogP contribution in [0, 0.1) is 29.4 Å². The molecule has 1 saturated carbocycles. The van der Waals surface area contributed by atoms with E-state index in [1.54, 1.807) is 11.0 Å². The fourth-order valence-corrected chi connectivity index (χ4v) is 6.43. The zero-order valence-corrected chi connectivity index (χ0v) is 20.8. The van der Waals surface area contributed by atoms with Crippen LogP contribution in [0.4, 0.5) is 20.2 Å². The van der Waals surface area contributed by atoms with Crippen molar-refractivity contribution in [3.63, 3.8) is 0 Å². The van der Waals surface area contributed by atoms with Crippen LogP contribution >= 0.6 is 11.3 Å². The first-order valence-corrected chi connectivity index (χ1v) is 13.4. The van der Waals surface area contributed by atoms with E-state index in [0.29, 0.717) is 66.9 Å². The zero-order chi connectivity index (χ0) is 24.6. The molecule has 3 aliphatic rings. The summed E-state index contributed by atoms with van der Waals surface area (Å²) in [6.45, 7) is 5.84. The lowest BCUT2D eigenvalue weighted by atomic mass is 10.1. The lowest BCUT2D eigenvalue weighted by Crippen LogP contribution is -2.37. The van der Waals surface area contributed by atoms with Gasteiger partial charge in [0.05, 0.1) is 23.8 Å². The molecule has 0 N–H and O–H groups in total. The fraction of sp³-hybridized carbons (Fsp3) is 0.393. The van der Waals surface area contributed by atoms with Gasteiger partial charge in [0.15, 0.2) is 0 Å². The molecule has 0 spiro atoms. The van der Waals surface area contributed by atoms with E-state index in [1.165, 1.54) is 29.5 Å². The molecule has 0 radical (unpaired) electrons. The van der Waals surface area contributed by atoms with Crippen molar-refractivity contribution in [3.8, 4) is 0 Å². The molecule has 3 heterocycles. The van der Waals surface area contributed by atoms with Crippen LogP contribution in [0.1, 0.15) is 15.2 Å². The molecule has 5 nitrogen and oxygen atoms in total. The van der Waals surface area contributed by atoms with Gasteiger partial charge in [0.2, 0.25) is 0 Å². The number of nitrogens with zero attached hydrogens (tertiary/aromatic N) is 3. The molecule has 188 valence electrons. The predicted molar refractivity (Wildman–Crippen MR) is 138 cm³/mol. The minimum Gasteiger partial charge on any atom is -0.378 e. The SMILES string of the molecule is O=C(c1cccs1)N(CC1C2CN(Cc3ccc(F)cc3)CC21)c1ccc(N2CCOCC2)c(F)c1. The Morgan fingerprint density at radius 1 is 1.03 bits per heavy atom. The van der Waals surface area contributed by atoms with Crippen LogP contribution in [0.25, 0.3) is 0 Å². The molecular weight excluding hydrogens is 480 g/mol. The summed E-state index contributed by atoms with van der Waals surface area (Å²) in [5.41, 5.74) is 2.28. The molecule has 2 aliphatic heterocycles. The maximum absolute atomic E-state index is 15.2. The summed E-state index contributed by atoms with van der Waals surface area (Å²) < 4.78 is 33.8. The first kappa shape index (κ1) is 23.6. The number of rotatable bonds is 7. The molecule has 1 aliphatic carbocycles. The zero-order valence-electron chi connectivity index (χ0n) is 20.0. The minimum atomic E-state index is -0.306. The van der Waals surface area contributed by atoms with Crippen LogP contribution in [0.15, 0.2) is 60.0 Å². The number of hydrogen-bond acceptors (Lipinski definition) is 5. The number of likely N-dealkylation sites (tertiary alicyclic amines) is 1. The van der Waals surface area contributed by atoms with Gasteiger partial charge >= 0.3 is 0 Å². The topological polar surface area (TPSA) is 36.0 Å². The van der Waals surface area contributed by atoms with Crippen LogP contribution in [0.2, 0.25) is 0 Å². The molecule has 2 unspecified atom stereocenters.